The molecule has 1 saturated heterocycles. The number of benzene rings is 2. The van der Waals surface area contributed by atoms with Gasteiger partial charge in [-0.25, -0.2) is 8.42 Å². The van der Waals surface area contributed by atoms with Crippen LogP contribution in [0.25, 0.3) is 0 Å². The van der Waals surface area contributed by atoms with E-state index in [-0.39, 0.29) is 17.9 Å². The fourth-order valence-electron chi connectivity index (χ4n) is 3.49. The number of hydrogen-bond acceptors (Lipinski definition) is 4. The summed E-state index contributed by atoms with van der Waals surface area (Å²) in [6.45, 7) is 8.02. The van der Waals surface area contributed by atoms with Crippen molar-refractivity contribution in [2.24, 2.45) is 0 Å². The standard InChI is InChI=1S/C22H29N3O3S/c1-22(2,3)19-11-7-8-12-20(19)23-17-21(26)24-13-15-25(16-14-24)29(27,28)18-9-5-4-6-10-18/h4-12,23H,13-17H2,1-3H3. The van der Waals surface area contributed by atoms with E-state index in [1.807, 2.05) is 18.2 Å². The van der Waals surface area contributed by atoms with E-state index in [0.29, 0.717) is 31.1 Å². The Morgan fingerprint density at radius 3 is 2.14 bits per heavy atom. The van der Waals surface area contributed by atoms with Gasteiger partial charge >= 0.3 is 0 Å². The van der Waals surface area contributed by atoms with Gasteiger partial charge in [0.25, 0.3) is 0 Å². The molecule has 0 saturated carbocycles. The van der Waals surface area contributed by atoms with E-state index in [1.165, 1.54) is 4.31 Å². The molecule has 0 spiro atoms. The molecule has 0 atom stereocenters. The molecular weight excluding hydrogens is 386 g/mol. The number of piperazine rings is 1. The molecule has 29 heavy (non-hydrogen) atoms. The molecular formula is C22H29N3O3S. The highest BCUT2D eigenvalue weighted by molar-refractivity contribution is 7.89. The predicted octanol–water partition coefficient (Wildman–Crippen LogP) is 2.93. The van der Waals surface area contributed by atoms with Crippen LogP contribution >= 0.6 is 0 Å². The van der Waals surface area contributed by atoms with Crippen LogP contribution in [0.5, 0.6) is 0 Å². The SMILES string of the molecule is CC(C)(C)c1ccccc1NCC(=O)N1CCN(S(=O)(=O)c2ccccc2)CC1. The van der Waals surface area contributed by atoms with Gasteiger partial charge in [0.2, 0.25) is 15.9 Å². The van der Waals surface area contributed by atoms with E-state index in [4.69, 9.17) is 0 Å². The Balaban J connectivity index is 1.58. The third kappa shape index (κ3) is 4.97. The fraction of sp³-hybridized carbons (Fsp3) is 0.409. The molecule has 1 fully saturated rings. The van der Waals surface area contributed by atoms with Crippen molar-refractivity contribution in [3.05, 3.63) is 60.2 Å². The zero-order valence-corrected chi connectivity index (χ0v) is 18.1. The molecule has 0 aliphatic carbocycles. The Morgan fingerprint density at radius 2 is 1.52 bits per heavy atom. The van der Waals surface area contributed by atoms with E-state index >= 15 is 0 Å². The molecule has 1 aliphatic rings. The van der Waals surface area contributed by atoms with Crippen molar-refractivity contribution in [3.63, 3.8) is 0 Å². The maximum atomic E-state index is 12.7. The smallest absolute Gasteiger partial charge is 0.243 e. The van der Waals surface area contributed by atoms with Crippen LogP contribution in [0.15, 0.2) is 59.5 Å². The van der Waals surface area contributed by atoms with E-state index in [2.05, 4.69) is 32.2 Å². The van der Waals surface area contributed by atoms with Crippen molar-refractivity contribution in [1.82, 2.24) is 9.21 Å². The number of anilines is 1. The first-order valence-electron chi connectivity index (χ1n) is 9.86. The van der Waals surface area contributed by atoms with Crippen LogP contribution in [0, 0.1) is 0 Å². The molecule has 6 nitrogen and oxygen atoms in total. The zero-order chi connectivity index (χ0) is 21.1. The quantitative estimate of drug-likeness (QED) is 0.815. The summed E-state index contributed by atoms with van der Waals surface area (Å²) in [4.78, 5) is 14.7. The topological polar surface area (TPSA) is 69.7 Å². The molecule has 2 aromatic carbocycles. The van der Waals surface area contributed by atoms with Crippen molar-refractivity contribution < 1.29 is 13.2 Å². The number of nitrogens with zero attached hydrogens (tertiary/aromatic N) is 2. The second kappa shape index (κ2) is 8.55. The minimum Gasteiger partial charge on any atom is -0.376 e. The van der Waals surface area contributed by atoms with Gasteiger partial charge in [0.1, 0.15) is 0 Å². The third-order valence-corrected chi connectivity index (χ3v) is 7.05. The van der Waals surface area contributed by atoms with Gasteiger partial charge in [-0.1, -0.05) is 57.2 Å². The highest BCUT2D eigenvalue weighted by Crippen LogP contribution is 2.29. The molecule has 7 heteroatoms. The van der Waals surface area contributed by atoms with Gasteiger partial charge in [0.05, 0.1) is 11.4 Å². The number of carbonyl (C=O) groups is 1. The summed E-state index contributed by atoms with van der Waals surface area (Å²) in [6.07, 6.45) is 0. The number of amides is 1. The van der Waals surface area contributed by atoms with Crippen LogP contribution in [0.1, 0.15) is 26.3 Å². The lowest BCUT2D eigenvalue weighted by Gasteiger charge is -2.34. The number of rotatable bonds is 5. The second-order valence-corrected chi connectivity index (χ2v) is 10.2. The Morgan fingerprint density at radius 1 is 0.931 bits per heavy atom. The van der Waals surface area contributed by atoms with E-state index in [1.54, 1.807) is 35.2 Å². The van der Waals surface area contributed by atoms with Crippen molar-refractivity contribution in [2.45, 2.75) is 31.1 Å². The molecule has 0 unspecified atom stereocenters. The molecule has 156 valence electrons. The summed E-state index contributed by atoms with van der Waals surface area (Å²) >= 11 is 0. The number of para-hydroxylation sites is 1. The van der Waals surface area contributed by atoms with Crippen LogP contribution < -0.4 is 5.32 Å². The Bertz CT molecular complexity index is 945. The molecule has 1 amide bonds. The summed E-state index contributed by atoms with van der Waals surface area (Å²) in [6, 6.07) is 16.4. The molecule has 0 radical (unpaired) electrons. The van der Waals surface area contributed by atoms with Crippen molar-refractivity contribution >= 4 is 21.6 Å². The van der Waals surface area contributed by atoms with Crippen LogP contribution in [0.4, 0.5) is 5.69 Å². The van der Waals surface area contributed by atoms with Gasteiger partial charge in [-0.05, 0) is 29.2 Å². The van der Waals surface area contributed by atoms with Crippen LogP contribution in [0.2, 0.25) is 0 Å². The molecule has 2 aromatic rings. The van der Waals surface area contributed by atoms with Gasteiger partial charge in [0.15, 0.2) is 0 Å². The van der Waals surface area contributed by atoms with Crippen LogP contribution in [0.3, 0.4) is 0 Å². The summed E-state index contributed by atoms with van der Waals surface area (Å²) < 4.78 is 26.9. The molecule has 1 heterocycles. The first-order valence-corrected chi connectivity index (χ1v) is 11.3. The van der Waals surface area contributed by atoms with Gasteiger partial charge in [-0.15, -0.1) is 0 Å². The lowest BCUT2D eigenvalue weighted by molar-refractivity contribution is -0.130. The lowest BCUT2D eigenvalue weighted by Crippen LogP contribution is -2.51. The van der Waals surface area contributed by atoms with Crippen molar-refractivity contribution in [3.8, 4) is 0 Å². The number of sulfonamides is 1. The maximum Gasteiger partial charge on any atom is 0.243 e. The highest BCUT2D eigenvalue weighted by atomic mass is 32.2. The molecule has 0 bridgehead atoms. The molecule has 1 aliphatic heterocycles. The van der Waals surface area contributed by atoms with Crippen LogP contribution in [-0.2, 0) is 20.2 Å². The fourth-order valence-corrected chi connectivity index (χ4v) is 4.94. The molecule has 1 N–H and O–H groups in total. The Hall–Kier alpha value is -2.38. The van der Waals surface area contributed by atoms with Gasteiger partial charge in [-0.2, -0.15) is 4.31 Å². The number of carbonyl (C=O) groups excluding carboxylic acids is 1. The first-order chi connectivity index (χ1) is 13.7. The average molecular weight is 416 g/mol. The Labute approximate surface area is 173 Å². The van der Waals surface area contributed by atoms with Crippen molar-refractivity contribution in [2.75, 3.05) is 38.0 Å². The first kappa shape index (κ1) is 21.3. The average Bonchev–Trinajstić information content (AvgIpc) is 2.72. The summed E-state index contributed by atoms with van der Waals surface area (Å²) in [5.41, 5.74) is 2.09. The highest BCUT2D eigenvalue weighted by Gasteiger charge is 2.30. The summed E-state index contributed by atoms with van der Waals surface area (Å²) in [7, 11) is -3.51. The van der Waals surface area contributed by atoms with E-state index in [9.17, 15) is 13.2 Å². The van der Waals surface area contributed by atoms with Gasteiger partial charge in [0, 0.05) is 31.9 Å². The monoisotopic (exact) mass is 415 g/mol. The van der Waals surface area contributed by atoms with E-state index < -0.39 is 10.0 Å². The second-order valence-electron chi connectivity index (χ2n) is 8.25. The number of nitrogens with one attached hydrogen (secondary N) is 1. The molecule has 0 aromatic heterocycles. The normalized spacial score (nSPS) is 15.9. The van der Waals surface area contributed by atoms with Gasteiger partial charge in [-0.3, -0.25) is 4.79 Å². The minimum absolute atomic E-state index is 0.0227. The minimum atomic E-state index is -3.51. The summed E-state index contributed by atoms with van der Waals surface area (Å²) in [5, 5.41) is 3.26. The lowest BCUT2D eigenvalue weighted by atomic mass is 9.86. The largest absolute Gasteiger partial charge is 0.376 e. The van der Waals surface area contributed by atoms with E-state index in [0.717, 1.165) is 11.3 Å². The maximum absolute atomic E-state index is 12.7. The predicted molar refractivity (Wildman–Crippen MR) is 115 cm³/mol. The third-order valence-electron chi connectivity index (χ3n) is 5.14. The van der Waals surface area contributed by atoms with Gasteiger partial charge < -0.3 is 10.2 Å². The zero-order valence-electron chi connectivity index (χ0n) is 17.3. The Kier molecular flexibility index (Phi) is 6.29. The van der Waals surface area contributed by atoms with Crippen molar-refractivity contribution in [1.29, 1.82) is 0 Å². The number of hydrogen-bond donors (Lipinski definition) is 1. The molecule has 3 rings (SSSR count). The van der Waals surface area contributed by atoms with Crippen LogP contribution in [-0.4, -0.2) is 56.3 Å². The summed E-state index contributed by atoms with van der Waals surface area (Å²) in [5.74, 6) is -0.0227.